The predicted octanol–water partition coefficient (Wildman–Crippen LogP) is 2.90. The van der Waals surface area contributed by atoms with Gasteiger partial charge in [0.05, 0.1) is 2.56 Å². The minimum absolute atomic E-state index is 0. The first-order valence-electron chi connectivity index (χ1n) is 0.676. The minimum Gasteiger partial charge on any atom is -0.344 e. The Labute approximate surface area is 68.4 Å². The van der Waals surface area contributed by atoms with E-state index in [0.717, 1.165) is 0 Å². The highest BCUT2D eigenvalue weighted by Crippen LogP contribution is 2.24. The van der Waals surface area contributed by atoms with Crippen molar-refractivity contribution in [2.24, 2.45) is 0 Å². The van der Waals surface area contributed by atoms with E-state index >= 15 is 0 Å². The first-order valence-corrected chi connectivity index (χ1v) is 2.03. The largest absolute Gasteiger partial charge is 0.344 e. The molecule has 0 aliphatic rings. The molecule has 0 atom stereocenters. The molecule has 0 heterocycles. The van der Waals surface area contributed by atoms with Gasteiger partial charge in [-0.2, -0.15) is 0 Å². The summed E-state index contributed by atoms with van der Waals surface area (Å²) in [6.07, 6.45) is 0. The van der Waals surface area contributed by atoms with Crippen LogP contribution in [0.15, 0.2) is 0 Å². The van der Waals surface area contributed by atoms with Crippen LogP contribution in [0.2, 0.25) is 0 Å². The number of rotatable bonds is 0. The molecule has 8 heteroatoms. The summed E-state index contributed by atoms with van der Waals surface area (Å²) in [4.78, 5) is 0. The number of halogens is 4. The Hall–Kier alpha value is 1.000. The van der Waals surface area contributed by atoms with Crippen LogP contribution in [-0.2, 0) is 0 Å². The zero-order chi connectivity index (χ0) is 4.50. The van der Waals surface area contributed by atoms with Crippen LogP contribution in [0.5, 0.6) is 0 Å². The molecule has 0 unspecified atom stereocenters. The normalized spacial score (nSPS) is 7.50. The van der Waals surface area contributed by atoms with Crippen LogP contribution in [0.1, 0.15) is 0 Å². The van der Waals surface area contributed by atoms with Crippen molar-refractivity contribution in [1.82, 2.24) is 18.5 Å². The van der Waals surface area contributed by atoms with Gasteiger partial charge in [-0.3, -0.25) is 0 Å². The summed E-state index contributed by atoms with van der Waals surface area (Å²) in [6, 6.07) is 0. The molecular formula is H9Cl4N4+. The first-order chi connectivity index (χ1) is 2.00. The van der Waals surface area contributed by atoms with Crippen LogP contribution in [-0.4, -0.2) is 2.56 Å². The molecule has 0 spiro atoms. The fourth-order valence-corrected chi connectivity index (χ4v) is 0. The molecule has 56 valence electrons. The Kier molecular flexibility index (Phi) is 23.0. The van der Waals surface area contributed by atoms with Gasteiger partial charge in [-0.05, 0) is 0 Å². The van der Waals surface area contributed by atoms with Gasteiger partial charge in [0.25, 0.3) is 0 Å². The van der Waals surface area contributed by atoms with Crippen molar-refractivity contribution in [3.63, 3.8) is 0 Å². The predicted molar refractivity (Wildman–Crippen MR) is 38.7 cm³/mol. The molecule has 0 aromatic carbocycles. The molecule has 0 bridgehead atoms. The second-order valence-corrected chi connectivity index (χ2v) is 3.45. The third-order valence-electron chi connectivity index (χ3n) is 0. The van der Waals surface area contributed by atoms with Gasteiger partial charge in [0, 0.05) is 0 Å². The van der Waals surface area contributed by atoms with E-state index in [0.29, 0.717) is 0 Å². The topological polar surface area (TPSA) is 105 Å². The third-order valence-corrected chi connectivity index (χ3v) is 0. The van der Waals surface area contributed by atoms with E-state index in [9.17, 15) is 0 Å². The summed E-state index contributed by atoms with van der Waals surface area (Å²) in [7, 11) is 0. The molecule has 0 aromatic rings. The lowest BCUT2D eigenvalue weighted by molar-refractivity contribution is -0.381. The highest BCUT2D eigenvalue weighted by Gasteiger charge is 2.16. The molecule has 0 fully saturated rings. The summed E-state index contributed by atoms with van der Waals surface area (Å²) in [5.41, 5.74) is 0. The molecule has 0 saturated carbocycles. The average Bonchev–Trinajstić information content (AvgIpc) is 0.722. The van der Waals surface area contributed by atoms with Gasteiger partial charge in [0.2, 0.25) is 47.1 Å². The first kappa shape index (κ1) is 23.0. The Balaban J connectivity index is -0.0000000267. The van der Waals surface area contributed by atoms with Gasteiger partial charge in [-0.1, -0.05) is 0 Å². The van der Waals surface area contributed by atoms with Crippen LogP contribution >= 0.6 is 47.1 Å². The highest BCUT2D eigenvalue weighted by molar-refractivity contribution is 6.50. The van der Waals surface area contributed by atoms with Crippen molar-refractivity contribution >= 4 is 47.1 Å². The fraction of sp³-hybridized carbons (Fsp3) is 0. The third kappa shape index (κ3) is 252. The Morgan fingerprint density at radius 2 is 0.625 bits per heavy atom. The summed E-state index contributed by atoms with van der Waals surface area (Å²) < 4.78 is -1.11. The molecule has 0 aliphatic carbocycles. The van der Waals surface area contributed by atoms with Gasteiger partial charge < -0.3 is 18.5 Å². The Morgan fingerprint density at radius 3 is 0.625 bits per heavy atom. The van der Waals surface area contributed by atoms with Crippen LogP contribution in [0.4, 0.5) is 0 Å². The molecule has 0 aliphatic heterocycles. The van der Waals surface area contributed by atoms with E-state index in [2.05, 4.69) is 0 Å². The van der Waals surface area contributed by atoms with E-state index in [1.54, 1.807) is 0 Å². The van der Waals surface area contributed by atoms with Crippen molar-refractivity contribution in [2.45, 2.75) is 0 Å². The van der Waals surface area contributed by atoms with Crippen LogP contribution in [0.3, 0.4) is 0 Å². The van der Waals surface area contributed by atoms with Gasteiger partial charge in [-0.15, -0.1) is 0 Å². The fourth-order valence-electron chi connectivity index (χ4n) is 0. The summed E-state index contributed by atoms with van der Waals surface area (Å²) in [5, 5.41) is 0. The van der Waals surface area contributed by atoms with E-state index in [1.807, 2.05) is 0 Å². The molecule has 0 amide bonds. The van der Waals surface area contributed by atoms with Gasteiger partial charge in [0.15, 0.2) is 0 Å². The Morgan fingerprint density at radius 1 is 0.625 bits per heavy atom. The molecule has 0 aromatic heterocycles. The molecule has 9 N–H and O–H groups in total. The van der Waals surface area contributed by atoms with Crippen LogP contribution < -0.4 is 18.5 Å². The zero-order valence-electron chi connectivity index (χ0n) is 4.08. The van der Waals surface area contributed by atoms with Crippen molar-refractivity contribution < 1.29 is 2.56 Å². The van der Waals surface area contributed by atoms with E-state index in [4.69, 9.17) is 47.1 Å². The van der Waals surface area contributed by atoms with Crippen LogP contribution in [0, 0.1) is 0 Å². The van der Waals surface area contributed by atoms with Crippen molar-refractivity contribution in [3.05, 3.63) is 0 Å². The van der Waals surface area contributed by atoms with E-state index in [-0.39, 0.29) is 18.5 Å². The summed E-state index contributed by atoms with van der Waals surface area (Å²) in [5.74, 6) is 0. The summed E-state index contributed by atoms with van der Waals surface area (Å²) in [6.45, 7) is 0. The monoisotopic (exact) mass is 205 g/mol. The molecule has 4 nitrogen and oxygen atoms in total. The lowest BCUT2D eigenvalue weighted by atomic mass is 13.8. The van der Waals surface area contributed by atoms with Crippen molar-refractivity contribution in [3.8, 4) is 0 Å². The SMILES string of the molecule is Cl[N+](Cl)(Cl)Cl.N.N.N. The van der Waals surface area contributed by atoms with Crippen LogP contribution in [0.25, 0.3) is 0 Å². The lowest BCUT2D eigenvalue weighted by Gasteiger charge is -1.85. The average molecular weight is 207 g/mol. The molecular weight excluding hydrogens is 198 g/mol. The summed E-state index contributed by atoms with van der Waals surface area (Å²) >= 11 is 19.1. The van der Waals surface area contributed by atoms with Crippen molar-refractivity contribution in [2.75, 3.05) is 0 Å². The van der Waals surface area contributed by atoms with Gasteiger partial charge in [-0.25, -0.2) is 0 Å². The smallest absolute Gasteiger partial charge is 0.231 e. The minimum atomic E-state index is -1.11. The Bertz CT molecular complexity index is 23.5. The van der Waals surface area contributed by atoms with Gasteiger partial charge in [0.1, 0.15) is 0 Å². The van der Waals surface area contributed by atoms with Crippen molar-refractivity contribution in [1.29, 1.82) is 0 Å². The zero-order valence-corrected chi connectivity index (χ0v) is 7.10. The molecule has 0 radical (unpaired) electrons. The molecule has 0 rings (SSSR count). The number of hydrogen-bond acceptors (Lipinski definition) is 3. The maximum absolute atomic E-state index is 4.76. The van der Waals surface area contributed by atoms with E-state index in [1.165, 1.54) is 0 Å². The maximum Gasteiger partial charge on any atom is 0.231 e. The second-order valence-electron chi connectivity index (χ2n) is 0.383. The quantitative estimate of drug-likeness (QED) is 0.531. The molecule has 8 heavy (non-hydrogen) atoms. The number of quaternary nitrogens is 1. The van der Waals surface area contributed by atoms with Gasteiger partial charge >= 0.3 is 0 Å². The van der Waals surface area contributed by atoms with E-state index < -0.39 is 2.56 Å². The lowest BCUT2D eigenvalue weighted by Crippen LogP contribution is -1.89. The number of hydrogen-bond donors (Lipinski definition) is 3. The number of nitrogens with zero attached hydrogens (tertiary/aromatic N) is 1. The molecule has 0 saturated heterocycles. The second kappa shape index (κ2) is 8.00. The standard InChI is InChI=1S/Cl4N.3H3N/c1-5(2,3)4;;;/h;3*1H3/q+1;;;. The highest BCUT2D eigenvalue weighted by atomic mass is 35.6. The maximum atomic E-state index is 4.76.